The van der Waals surface area contributed by atoms with E-state index in [4.69, 9.17) is 4.74 Å². The van der Waals surface area contributed by atoms with Crippen LogP contribution in [0.2, 0.25) is 0 Å². The predicted octanol–water partition coefficient (Wildman–Crippen LogP) is 3.22. The maximum Gasteiger partial charge on any atom is 0.309 e. The Balaban J connectivity index is 2.61. The number of esters is 1. The van der Waals surface area contributed by atoms with E-state index in [2.05, 4.69) is 4.74 Å². The number of hydrogen-bond donors (Lipinski definition) is 0. The number of methoxy groups -OCH3 is 2. The van der Waals surface area contributed by atoms with Gasteiger partial charge in [0.2, 0.25) is 0 Å². The SMILES string of the molecule is COC(=O)C/C=C\C(C)=C\c1ccc(OC)cc1. The molecule has 0 unspecified atom stereocenters. The standard InChI is InChI=1S/C15H18O3/c1-12(5-4-6-15(16)18-3)11-13-7-9-14(17-2)10-8-13/h4-5,7-11H,6H2,1-3H3/b5-4-,12-11+. The first-order valence-electron chi connectivity index (χ1n) is 5.71. The van der Waals surface area contributed by atoms with E-state index in [0.29, 0.717) is 6.42 Å². The third-order valence-electron chi connectivity index (χ3n) is 2.40. The highest BCUT2D eigenvalue weighted by Crippen LogP contribution is 2.14. The van der Waals surface area contributed by atoms with Crippen molar-refractivity contribution in [2.75, 3.05) is 14.2 Å². The molecule has 3 heteroatoms. The van der Waals surface area contributed by atoms with E-state index in [-0.39, 0.29) is 5.97 Å². The smallest absolute Gasteiger partial charge is 0.309 e. The van der Waals surface area contributed by atoms with Crippen LogP contribution in [0.3, 0.4) is 0 Å². The fourth-order valence-corrected chi connectivity index (χ4v) is 1.44. The first-order valence-corrected chi connectivity index (χ1v) is 5.71. The molecule has 0 amide bonds. The molecule has 3 nitrogen and oxygen atoms in total. The summed E-state index contributed by atoms with van der Waals surface area (Å²) in [6, 6.07) is 7.79. The van der Waals surface area contributed by atoms with Gasteiger partial charge < -0.3 is 9.47 Å². The van der Waals surface area contributed by atoms with Gasteiger partial charge in [-0.05, 0) is 24.6 Å². The van der Waals surface area contributed by atoms with Crippen molar-refractivity contribution in [1.82, 2.24) is 0 Å². The second kappa shape index (κ2) is 7.33. The van der Waals surface area contributed by atoms with E-state index in [9.17, 15) is 4.79 Å². The van der Waals surface area contributed by atoms with Gasteiger partial charge in [-0.15, -0.1) is 0 Å². The summed E-state index contributed by atoms with van der Waals surface area (Å²) >= 11 is 0. The first kappa shape index (κ1) is 14.0. The van der Waals surface area contributed by atoms with Crippen LogP contribution in [0.1, 0.15) is 18.9 Å². The maximum absolute atomic E-state index is 10.9. The molecule has 0 fully saturated rings. The van der Waals surface area contributed by atoms with Crippen LogP contribution >= 0.6 is 0 Å². The number of hydrogen-bond acceptors (Lipinski definition) is 3. The highest BCUT2D eigenvalue weighted by molar-refractivity contribution is 5.71. The summed E-state index contributed by atoms with van der Waals surface area (Å²) in [5, 5.41) is 0. The number of carbonyl (C=O) groups is 1. The molecular formula is C15H18O3. The van der Waals surface area contributed by atoms with Gasteiger partial charge in [-0.3, -0.25) is 4.79 Å². The van der Waals surface area contributed by atoms with Gasteiger partial charge in [0, 0.05) is 0 Å². The van der Waals surface area contributed by atoms with Crippen LogP contribution in [0.5, 0.6) is 5.75 Å². The molecule has 0 aliphatic carbocycles. The topological polar surface area (TPSA) is 35.5 Å². The Morgan fingerprint density at radius 3 is 2.44 bits per heavy atom. The molecule has 0 N–H and O–H groups in total. The van der Waals surface area contributed by atoms with E-state index >= 15 is 0 Å². The third kappa shape index (κ3) is 4.87. The Morgan fingerprint density at radius 1 is 1.22 bits per heavy atom. The molecular weight excluding hydrogens is 228 g/mol. The molecule has 0 saturated carbocycles. The molecule has 0 spiro atoms. The van der Waals surface area contributed by atoms with Crippen LogP contribution in [0.4, 0.5) is 0 Å². The van der Waals surface area contributed by atoms with E-state index in [1.165, 1.54) is 7.11 Å². The lowest BCUT2D eigenvalue weighted by molar-refractivity contribution is -0.139. The van der Waals surface area contributed by atoms with E-state index in [1.54, 1.807) is 13.2 Å². The van der Waals surface area contributed by atoms with Crippen molar-refractivity contribution in [3.05, 3.63) is 47.6 Å². The van der Waals surface area contributed by atoms with Gasteiger partial charge >= 0.3 is 5.97 Å². The first-order chi connectivity index (χ1) is 8.65. The number of allylic oxidation sites excluding steroid dienone is 2. The zero-order valence-electron chi connectivity index (χ0n) is 11.0. The Labute approximate surface area is 108 Å². The van der Waals surface area contributed by atoms with Crippen molar-refractivity contribution in [3.8, 4) is 5.75 Å². The van der Waals surface area contributed by atoms with E-state index < -0.39 is 0 Å². The third-order valence-corrected chi connectivity index (χ3v) is 2.40. The van der Waals surface area contributed by atoms with Crippen molar-refractivity contribution in [1.29, 1.82) is 0 Å². The van der Waals surface area contributed by atoms with Crippen LogP contribution in [-0.2, 0) is 9.53 Å². The lowest BCUT2D eigenvalue weighted by Crippen LogP contribution is -1.96. The van der Waals surface area contributed by atoms with Crippen LogP contribution in [-0.4, -0.2) is 20.2 Å². The van der Waals surface area contributed by atoms with Crippen LogP contribution < -0.4 is 4.74 Å². The molecule has 96 valence electrons. The highest BCUT2D eigenvalue weighted by atomic mass is 16.5. The number of benzene rings is 1. The maximum atomic E-state index is 10.9. The summed E-state index contributed by atoms with van der Waals surface area (Å²) in [5.41, 5.74) is 2.17. The van der Waals surface area contributed by atoms with Gasteiger partial charge in [-0.1, -0.05) is 35.9 Å². The lowest BCUT2D eigenvalue weighted by atomic mass is 10.1. The van der Waals surface area contributed by atoms with Gasteiger partial charge in [0.1, 0.15) is 5.75 Å². The van der Waals surface area contributed by atoms with Crippen LogP contribution in [0, 0.1) is 0 Å². The molecule has 1 rings (SSSR count). The molecule has 1 aromatic rings. The minimum atomic E-state index is -0.233. The summed E-state index contributed by atoms with van der Waals surface area (Å²) in [6.07, 6.45) is 6.03. The molecule has 0 heterocycles. The molecule has 0 aliphatic rings. The minimum Gasteiger partial charge on any atom is -0.497 e. The summed E-state index contributed by atoms with van der Waals surface area (Å²) in [4.78, 5) is 10.9. The average Bonchev–Trinajstić information content (AvgIpc) is 2.39. The molecule has 0 bridgehead atoms. The molecule has 18 heavy (non-hydrogen) atoms. The fourth-order valence-electron chi connectivity index (χ4n) is 1.44. The lowest BCUT2D eigenvalue weighted by Gasteiger charge is -2.00. The number of carbonyl (C=O) groups excluding carboxylic acids is 1. The van der Waals surface area contributed by atoms with Crippen molar-refractivity contribution < 1.29 is 14.3 Å². The van der Waals surface area contributed by atoms with Crippen LogP contribution in [0.25, 0.3) is 6.08 Å². The Kier molecular flexibility index (Phi) is 5.71. The number of rotatable bonds is 5. The molecule has 0 saturated heterocycles. The summed E-state index contributed by atoms with van der Waals surface area (Å²) in [7, 11) is 3.03. The molecule has 0 aromatic heterocycles. The van der Waals surface area contributed by atoms with Gasteiger partial charge in [-0.25, -0.2) is 0 Å². The fraction of sp³-hybridized carbons (Fsp3) is 0.267. The summed E-state index contributed by atoms with van der Waals surface area (Å²) < 4.78 is 9.64. The van der Waals surface area contributed by atoms with Crippen molar-refractivity contribution in [3.63, 3.8) is 0 Å². The van der Waals surface area contributed by atoms with Gasteiger partial charge in [0.15, 0.2) is 0 Å². The zero-order chi connectivity index (χ0) is 13.4. The Bertz CT molecular complexity index is 441. The largest absolute Gasteiger partial charge is 0.497 e. The Morgan fingerprint density at radius 2 is 1.89 bits per heavy atom. The summed E-state index contributed by atoms with van der Waals surface area (Å²) in [6.45, 7) is 1.98. The normalized spacial score (nSPS) is 11.6. The van der Waals surface area contributed by atoms with E-state index in [1.807, 2.05) is 43.3 Å². The second-order valence-electron chi connectivity index (χ2n) is 3.84. The molecule has 1 aromatic carbocycles. The Hall–Kier alpha value is -2.03. The monoisotopic (exact) mass is 246 g/mol. The number of ether oxygens (including phenoxy) is 2. The average molecular weight is 246 g/mol. The van der Waals surface area contributed by atoms with E-state index in [0.717, 1.165) is 16.9 Å². The molecule has 0 radical (unpaired) electrons. The minimum absolute atomic E-state index is 0.233. The van der Waals surface area contributed by atoms with Gasteiger partial charge in [-0.2, -0.15) is 0 Å². The van der Waals surface area contributed by atoms with Crippen LogP contribution in [0.15, 0.2) is 42.0 Å². The summed E-state index contributed by atoms with van der Waals surface area (Å²) in [5.74, 6) is 0.606. The zero-order valence-corrected chi connectivity index (χ0v) is 11.0. The predicted molar refractivity (Wildman–Crippen MR) is 72.4 cm³/mol. The quantitative estimate of drug-likeness (QED) is 0.591. The van der Waals surface area contributed by atoms with Crippen molar-refractivity contribution in [2.24, 2.45) is 0 Å². The highest BCUT2D eigenvalue weighted by Gasteiger charge is 1.94. The second-order valence-corrected chi connectivity index (χ2v) is 3.84. The van der Waals surface area contributed by atoms with Gasteiger partial charge in [0.25, 0.3) is 0 Å². The molecule has 0 aliphatic heterocycles. The molecule has 0 atom stereocenters. The van der Waals surface area contributed by atoms with Gasteiger partial charge in [0.05, 0.1) is 20.6 Å². The van der Waals surface area contributed by atoms with Crippen molar-refractivity contribution in [2.45, 2.75) is 13.3 Å². The van der Waals surface area contributed by atoms with Crippen molar-refractivity contribution >= 4 is 12.0 Å².